The van der Waals surface area contributed by atoms with E-state index in [1.165, 1.54) is 12.8 Å². The molecule has 0 atom stereocenters. The maximum absolute atomic E-state index is 12.4. The van der Waals surface area contributed by atoms with Gasteiger partial charge < -0.3 is 9.84 Å². The van der Waals surface area contributed by atoms with Gasteiger partial charge in [0.25, 0.3) is 0 Å². The number of anilines is 1. The number of para-hydroxylation sites is 1. The summed E-state index contributed by atoms with van der Waals surface area (Å²) in [7, 11) is 0. The van der Waals surface area contributed by atoms with Crippen LogP contribution in [0.3, 0.4) is 0 Å². The van der Waals surface area contributed by atoms with Gasteiger partial charge in [0.1, 0.15) is 5.82 Å². The molecule has 1 aliphatic carbocycles. The van der Waals surface area contributed by atoms with Crippen molar-refractivity contribution in [3.05, 3.63) is 53.8 Å². The molecule has 0 radical (unpaired) electrons. The Morgan fingerprint density at radius 2 is 2.04 bits per heavy atom. The lowest BCUT2D eigenvalue weighted by Gasteiger charge is -2.09. The second-order valence-electron chi connectivity index (χ2n) is 7.00. The minimum absolute atomic E-state index is 0.101. The number of rotatable bonds is 6. The van der Waals surface area contributed by atoms with Crippen LogP contribution in [0.5, 0.6) is 0 Å². The van der Waals surface area contributed by atoms with E-state index in [2.05, 4.69) is 20.6 Å². The van der Waals surface area contributed by atoms with Crippen LogP contribution in [0.1, 0.15) is 55.3 Å². The number of aryl methyl sites for hydroxylation is 2. The van der Waals surface area contributed by atoms with Gasteiger partial charge in [-0.1, -0.05) is 36.2 Å². The summed E-state index contributed by atoms with van der Waals surface area (Å²) in [4.78, 5) is 16.9. The van der Waals surface area contributed by atoms with E-state index in [4.69, 9.17) is 4.52 Å². The van der Waals surface area contributed by atoms with E-state index in [9.17, 15) is 4.79 Å². The summed E-state index contributed by atoms with van der Waals surface area (Å²) in [5.41, 5.74) is 1.81. The fourth-order valence-corrected chi connectivity index (χ4v) is 3.48. The van der Waals surface area contributed by atoms with Crippen molar-refractivity contribution < 1.29 is 9.32 Å². The maximum Gasteiger partial charge on any atom is 0.227 e. The Balaban J connectivity index is 1.38. The van der Waals surface area contributed by atoms with E-state index < -0.39 is 0 Å². The molecule has 2 heterocycles. The number of benzene rings is 1. The molecule has 2 aromatic heterocycles. The average molecular weight is 365 g/mol. The first-order valence-electron chi connectivity index (χ1n) is 9.43. The van der Waals surface area contributed by atoms with Crippen LogP contribution < -0.4 is 5.32 Å². The van der Waals surface area contributed by atoms with Crippen molar-refractivity contribution in [1.82, 2.24) is 19.9 Å². The van der Waals surface area contributed by atoms with Crippen LogP contribution in [-0.2, 0) is 11.2 Å². The molecule has 3 aromatic rings. The molecular formula is C20H23N5O2. The lowest BCUT2D eigenvalue weighted by Crippen LogP contribution is -2.16. The van der Waals surface area contributed by atoms with Gasteiger partial charge in [0.15, 0.2) is 5.82 Å². The average Bonchev–Trinajstić information content (AvgIpc) is 3.43. The molecule has 0 bridgehead atoms. The third-order valence-electron chi connectivity index (χ3n) is 4.98. The normalized spacial score (nSPS) is 14.6. The lowest BCUT2D eigenvalue weighted by molar-refractivity contribution is -0.116. The first-order valence-corrected chi connectivity index (χ1v) is 9.43. The molecule has 4 rings (SSSR count). The molecule has 1 N–H and O–H groups in total. The standard InChI is InChI=1S/C20H23N5O2/c1-14-13-21-25(16-9-3-2-4-10-16)20(14)22-17(26)11-12-18-23-19(24-27-18)15-7-5-6-8-15/h2-4,9-10,13,15H,5-8,11-12H2,1H3,(H,22,26). The number of nitrogens with one attached hydrogen (secondary N) is 1. The second-order valence-corrected chi connectivity index (χ2v) is 7.00. The zero-order valence-electron chi connectivity index (χ0n) is 15.4. The van der Waals surface area contributed by atoms with Crippen LogP contribution in [0.25, 0.3) is 5.69 Å². The topological polar surface area (TPSA) is 85.8 Å². The number of nitrogens with zero attached hydrogens (tertiary/aromatic N) is 4. The van der Waals surface area contributed by atoms with Crippen LogP contribution in [0.15, 0.2) is 41.1 Å². The molecule has 1 amide bonds. The highest BCUT2D eigenvalue weighted by molar-refractivity contribution is 5.90. The zero-order valence-corrected chi connectivity index (χ0v) is 15.4. The number of carbonyl (C=O) groups is 1. The van der Waals surface area contributed by atoms with Crippen molar-refractivity contribution in [2.24, 2.45) is 0 Å². The number of aromatic nitrogens is 4. The van der Waals surface area contributed by atoms with Gasteiger partial charge in [-0.3, -0.25) is 4.79 Å². The molecule has 0 saturated heterocycles. The largest absolute Gasteiger partial charge is 0.339 e. The highest BCUT2D eigenvalue weighted by Gasteiger charge is 2.22. The van der Waals surface area contributed by atoms with Crippen molar-refractivity contribution in [3.63, 3.8) is 0 Å². The lowest BCUT2D eigenvalue weighted by atomic mass is 10.1. The van der Waals surface area contributed by atoms with Crippen molar-refractivity contribution >= 4 is 11.7 Å². The van der Waals surface area contributed by atoms with E-state index in [-0.39, 0.29) is 12.3 Å². The first-order chi connectivity index (χ1) is 13.2. The van der Waals surface area contributed by atoms with Crippen LogP contribution in [0.4, 0.5) is 5.82 Å². The third-order valence-corrected chi connectivity index (χ3v) is 4.98. The Bertz CT molecular complexity index is 910. The van der Waals surface area contributed by atoms with E-state index in [1.807, 2.05) is 37.3 Å². The van der Waals surface area contributed by atoms with Crippen LogP contribution in [0, 0.1) is 6.92 Å². The predicted molar refractivity (Wildman–Crippen MR) is 101 cm³/mol. The quantitative estimate of drug-likeness (QED) is 0.718. The summed E-state index contributed by atoms with van der Waals surface area (Å²) < 4.78 is 7.06. The minimum atomic E-state index is -0.101. The van der Waals surface area contributed by atoms with Gasteiger partial charge in [-0.25, -0.2) is 4.68 Å². The van der Waals surface area contributed by atoms with Crippen molar-refractivity contribution in [2.75, 3.05) is 5.32 Å². The predicted octanol–water partition coefficient (Wildman–Crippen LogP) is 3.79. The smallest absolute Gasteiger partial charge is 0.227 e. The molecule has 1 fully saturated rings. The number of carbonyl (C=O) groups excluding carboxylic acids is 1. The molecule has 1 aromatic carbocycles. The Morgan fingerprint density at radius 3 is 2.81 bits per heavy atom. The van der Waals surface area contributed by atoms with E-state index in [0.717, 1.165) is 29.9 Å². The molecule has 27 heavy (non-hydrogen) atoms. The van der Waals surface area contributed by atoms with Gasteiger partial charge in [-0.05, 0) is 31.9 Å². The molecule has 0 spiro atoms. The molecule has 0 aliphatic heterocycles. The highest BCUT2D eigenvalue weighted by atomic mass is 16.5. The van der Waals surface area contributed by atoms with Crippen molar-refractivity contribution in [2.45, 2.75) is 51.4 Å². The maximum atomic E-state index is 12.4. The Kier molecular flexibility index (Phi) is 5.00. The fraction of sp³-hybridized carbons (Fsp3) is 0.400. The second kappa shape index (κ2) is 7.73. The Morgan fingerprint density at radius 1 is 1.26 bits per heavy atom. The summed E-state index contributed by atoms with van der Waals surface area (Å²) in [5.74, 6) is 2.32. The van der Waals surface area contributed by atoms with E-state index in [0.29, 0.717) is 24.0 Å². The van der Waals surface area contributed by atoms with Crippen molar-refractivity contribution in [3.8, 4) is 5.69 Å². The summed E-state index contributed by atoms with van der Waals surface area (Å²) in [5, 5.41) is 11.4. The molecule has 7 nitrogen and oxygen atoms in total. The minimum Gasteiger partial charge on any atom is -0.339 e. The van der Waals surface area contributed by atoms with Crippen LogP contribution in [-0.4, -0.2) is 25.8 Å². The van der Waals surface area contributed by atoms with Gasteiger partial charge >= 0.3 is 0 Å². The molecule has 7 heteroatoms. The Labute approximate surface area is 157 Å². The number of amides is 1. The van der Waals surface area contributed by atoms with Crippen molar-refractivity contribution in [1.29, 1.82) is 0 Å². The third kappa shape index (κ3) is 3.92. The number of hydrogen-bond donors (Lipinski definition) is 1. The molecule has 1 aliphatic rings. The molecule has 140 valence electrons. The van der Waals surface area contributed by atoms with Gasteiger partial charge in [0.05, 0.1) is 11.9 Å². The number of hydrogen-bond acceptors (Lipinski definition) is 5. The SMILES string of the molecule is Cc1cnn(-c2ccccc2)c1NC(=O)CCc1nc(C2CCCC2)no1. The van der Waals surface area contributed by atoms with E-state index >= 15 is 0 Å². The first kappa shape index (κ1) is 17.5. The monoisotopic (exact) mass is 365 g/mol. The van der Waals surface area contributed by atoms with Gasteiger partial charge in [0, 0.05) is 24.3 Å². The summed E-state index contributed by atoms with van der Waals surface area (Å²) in [6.45, 7) is 1.92. The zero-order chi connectivity index (χ0) is 18.6. The van der Waals surface area contributed by atoms with Gasteiger partial charge in [-0.15, -0.1) is 0 Å². The summed E-state index contributed by atoms with van der Waals surface area (Å²) in [6.07, 6.45) is 7.17. The summed E-state index contributed by atoms with van der Waals surface area (Å²) in [6, 6.07) is 9.73. The molecular weight excluding hydrogens is 342 g/mol. The molecule has 1 saturated carbocycles. The van der Waals surface area contributed by atoms with Crippen LogP contribution in [0.2, 0.25) is 0 Å². The van der Waals surface area contributed by atoms with Gasteiger partial charge in [0.2, 0.25) is 11.8 Å². The molecule has 0 unspecified atom stereocenters. The Hall–Kier alpha value is -2.96. The van der Waals surface area contributed by atoms with Gasteiger partial charge in [-0.2, -0.15) is 10.1 Å². The van der Waals surface area contributed by atoms with E-state index in [1.54, 1.807) is 10.9 Å². The highest BCUT2D eigenvalue weighted by Crippen LogP contribution is 2.32. The fourth-order valence-electron chi connectivity index (χ4n) is 3.48. The summed E-state index contributed by atoms with van der Waals surface area (Å²) >= 11 is 0. The van der Waals surface area contributed by atoms with Crippen LogP contribution >= 0.6 is 0 Å².